The minimum atomic E-state index is -1.61. The van der Waals surface area contributed by atoms with Crippen molar-refractivity contribution in [3.63, 3.8) is 0 Å². The minimum Gasteiger partial charge on any atom is -0.489 e. The summed E-state index contributed by atoms with van der Waals surface area (Å²) in [6.07, 6.45) is 0. The molecule has 0 N–H and O–H groups in total. The lowest BCUT2D eigenvalue weighted by Gasteiger charge is -2.34. The molecule has 1 aromatic rings. The molecule has 4 heteroatoms. The molecular weight excluding hydrogens is 266 g/mol. The smallest absolute Gasteiger partial charge is 0.258 e. The number of Topliss-reactive ketones (excluding diaryl/α,β-unsaturated/α-hetero) is 1. The van der Waals surface area contributed by atoms with Gasteiger partial charge in [0.25, 0.3) is 5.60 Å². The Bertz CT molecular complexity index is 673. The standard InChI is InChI=1S/C17H15NO3/c1-3-20-15-14(11-10-13-8-6-5-7-9-13)17(12-18,16(15)19)21-4-2/h5-9H,3-4H2,1-2H3. The molecule has 21 heavy (non-hydrogen) atoms. The molecule has 0 heterocycles. The first kappa shape index (κ1) is 14.8. The van der Waals surface area contributed by atoms with E-state index in [1.807, 2.05) is 36.4 Å². The van der Waals surface area contributed by atoms with Crippen LogP contribution in [0.5, 0.6) is 0 Å². The monoisotopic (exact) mass is 281 g/mol. The van der Waals surface area contributed by atoms with Gasteiger partial charge in [-0.25, -0.2) is 0 Å². The van der Waals surface area contributed by atoms with Crippen molar-refractivity contribution in [2.24, 2.45) is 0 Å². The second-order valence-electron chi connectivity index (χ2n) is 4.31. The first-order valence-electron chi connectivity index (χ1n) is 6.74. The lowest BCUT2D eigenvalue weighted by molar-refractivity contribution is -0.138. The van der Waals surface area contributed by atoms with Crippen molar-refractivity contribution in [1.82, 2.24) is 0 Å². The van der Waals surface area contributed by atoms with Gasteiger partial charge in [-0.15, -0.1) is 0 Å². The van der Waals surface area contributed by atoms with Crippen molar-refractivity contribution >= 4 is 5.78 Å². The molecule has 2 rings (SSSR count). The molecule has 0 spiro atoms. The Kier molecular flexibility index (Phi) is 4.42. The Morgan fingerprint density at radius 2 is 1.86 bits per heavy atom. The van der Waals surface area contributed by atoms with Crippen LogP contribution >= 0.6 is 0 Å². The maximum Gasteiger partial charge on any atom is 0.258 e. The highest BCUT2D eigenvalue weighted by Gasteiger charge is 2.57. The molecule has 1 aliphatic rings. The summed E-state index contributed by atoms with van der Waals surface area (Å²) in [5, 5.41) is 9.34. The second kappa shape index (κ2) is 6.26. The van der Waals surface area contributed by atoms with E-state index in [-0.39, 0.29) is 12.4 Å². The van der Waals surface area contributed by atoms with E-state index in [4.69, 9.17) is 9.47 Å². The van der Waals surface area contributed by atoms with Crippen LogP contribution in [0.25, 0.3) is 0 Å². The summed E-state index contributed by atoms with van der Waals surface area (Å²) in [4.78, 5) is 12.1. The summed E-state index contributed by atoms with van der Waals surface area (Å²) in [5.41, 5.74) is -0.507. The van der Waals surface area contributed by atoms with E-state index in [9.17, 15) is 10.1 Å². The van der Waals surface area contributed by atoms with E-state index in [1.165, 1.54) is 0 Å². The zero-order valence-electron chi connectivity index (χ0n) is 12.0. The van der Waals surface area contributed by atoms with Crippen LogP contribution in [0.3, 0.4) is 0 Å². The van der Waals surface area contributed by atoms with E-state index < -0.39 is 11.4 Å². The fourth-order valence-electron chi connectivity index (χ4n) is 2.06. The number of ketones is 1. The highest BCUT2D eigenvalue weighted by molar-refractivity contribution is 6.15. The number of rotatable bonds is 4. The second-order valence-corrected chi connectivity index (χ2v) is 4.31. The van der Waals surface area contributed by atoms with Crippen molar-refractivity contribution in [1.29, 1.82) is 5.26 Å². The zero-order chi connectivity index (χ0) is 15.3. The average Bonchev–Trinajstić information content (AvgIpc) is 2.53. The van der Waals surface area contributed by atoms with Gasteiger partial charge in [0.15, 0.2) is 5.76 Å². The summed E-state index contributed by atoms with van der Waals surface area (Å²) >= 11 is 0. The van der Waals surface area contributed by atoms with Crippen molar-refractivity contribution in [3.05, 3.63) is 47.2 Å². The van der Waals surface area contributed by atoms with Gasteiger partial charge in [0, 0.05) is 12.2 Å². The maximum absolute atomic E-state index is 12.1. The van der Waals surface area contributed by atoms with E-state index in [0.717, 1.165) is 5.56 Å². The van der Waals surface area contributed by atoms with Crippen LogP contribution in [0.15, 0.2) is 41.7 Å². The Balaban J connectivity index is 2.43. The number of benzene rings is 1. The maximum atomic E-state index is 12.1. The molecule has 4 nitrogen and oxygen atoms in total. The summed E-state index contributed by atoms with van der Waals surface area (Å²) in [7, 11) is 0. The lowest BCUT2D eigenvalue weighted by Crippen LogP contribution is -2.52. The van der Waals surface area contributed by atoms with Crippen molar-refractivity contribution < 1.29 is 14.3 Å². The Morgan fingerprint density at radius 3 is 2.43 bits per heavy atom. The molecule has 106 valence electrons. The summed E-state index contributed by atoms with van der Waals surface area (Å²) < 4.78 is 10.6. The molecular formula is C17H15NO3. The lowest BCUT2D eigenvalue weighted by atomic mass is 9.77. The van der Waals surface area contributed by atoms with Gasteiger partial charge in [-0.2, -0.15) is 5.26 Å². The number of nitriles is 1. The topological polar surface area (TPSA) is 59.3 Å². The SMILES string of the molecule is CCOC1=C(C#Cc2ccccc2)C(C#N)(OCC)C1=O. The quantitative estimate of drug-likeness (QED) is 0.794. The molecule has 0 bridgehead atoms. The predicted molar refractivity (Wildman–Crippen MR) is 76.9 cm³/mol. The number of hydrogen-bond acceptors (Lipinski definition) is 4. The van der Waals surface area contributed by atoms with Gasteiger partial charge >= 0.3 is 0 Å². The summed E-state index contributed by atoms with van der Waals surface area (Å²) in [6.45, 7) is 4.09. The fourth-order valence-corrected chi connectivity index (χ4v) is 2.06. The molecule has 1 unspecified atom stereocenters. The largest absolute Gasteiger partial charge is 0.489 e. The number of ether oxygens (including phenoxy) is 2. The van der Waals surface area contributed by atoms with Crippen LogP contribution in [-0.4, -0.2) is 24.6 Å². The third kappa shape index (κ3) is 2.54. The molecule has 0 saturated carbocycles. The van der Waals surface area contributed by atoms with E-state index in [0.29, 0.717) is 12.2 Å². The van der Waals surface area contributed by atoms with Gasteiger partial charge in [0.05, 0.1) is 6.61 Å². The normalized spacial score (nSPS) is 20.1. The van der Waals surface area contributed by atoms with Crippen LogP contribution in [0, 0.1) is 23.2 Å². The van der Waals surface area contributed by atoms with E-state index in [1.54, 1.807) is 13.8 Å². The van der Waals surface area contributed by atoms with Crippen LogP contribution in [0.4, 0.5) is 0 Å². The third-order valence-corrected chi connectivity index (χ3v) is 3.02. The first-order valence-corrected chi connectivity index (χ1v) is 6.74. The molecule has 0 aliphatic heterocycles. The van der Waals surface area contributed by atoms with Crippen molar-refractivity contribution in [2.75, 3.05) is 13.2 Å². The molecule has 0 amide bonds. The van der Waals surface area contributed by atoms with Gasteiger partial charge in [0.2, 0.25) is 5.78 Å². The third-order valence-electron chi connectivity index (χ3n) is 3.02. The number of hydrogen-bond donors (Lipinski definition) is 0. The van der Waals surface area contributed by atoms with E-state index >= 15 is 0 Å². The van der Waals surface area contributed by atoms with Gasteiger partial charge in [-0.05, 0) is 26.0 Å². The minimum absolute atomic E-state index is 0.135. The molecule has 1 aliphatic carbocycles. The summed E-state index contributed by atoms with van der Waals surface area (Å²) in [6, 6.07) is 11.3. The van der Waals surface area contributed by atoms with Crippen LogP contribution in [0.1, 0.15) is 19.4 Å². The average molecular weight is 281 g/mol. The molecule has 0 saturated heterocycles. The highest BCUT2D eigenvalue weighted by atomic mass is 16.5. The highest BCUT2D eigenvalue weighted by Crippen LogP contribution is 2.38. The summed E-state index contributed by atoms with van der Waals surface area (Å²) in [5.74, 6) is 5.48. The van der Waals surface area contributed by atoms with Crippen LogP contribution < -0.4 is 0 Å². The number of carbonyl (C=O) groups is 1. The van der Waals surface area contributed by atoms with Crippen LogP contribution in [0.2, 0.25) is 0 Å². The van der Waals surface area contributed by atoms with Crippen molar-refractivity contribution in [2.45, 2.75) is 19.4 Å². The Labute approximate surface area is 124 Å². The molecule has 1 aromatic carbocycles. The first-order chi connectivity index (χ1) is 10.2. The van der Waals surface area contributed by atoms with E-state index in [2.05, 4.69) is 11.8 Å². The Morgan fingerprint density at radius 1 is 1.14 bits per heavy atom. The van der Waals surface area contributed by atoms with Gasteiger partial charge in [-0.3, -0.25) is 4.79 Å². The predicted octanol–water partition coefficient (Wildman–Crippen LogP) is 2.21. The molecule has 1 atom stereocenters. The van der Waals surface area contributed by atoms with Gasteiger partial charge < -0.3 is 9.47 Å². The van der Waals surface area contributed by atoms with Gasteiger partial charge in [-0.1, -0.05) is 30.0 Å². The zero-order valence-corrected chi connectivity index (χ0v) is 12.0. The van der Waals surface area contributed by atoms with Gasteiger partial charge in [0.1, 0.15) is 11.6 Å². The molecule has 0 radical (unpaired) electrons. The fraction of sp³-hybridized carbons (Fsp3) is 0.294. The Hall–Kier alpha value is -2.56. The number of nitrogens with zero attached hydrogens (tertiary/aromatic N) is 1. The molecule has 0 fully saturated rings. The van der Waals surface area contributed by atoms with Crippen LogP contribution in [-0.2, 0) is 14.3 Å². The van der Waals surface area contributed by atoms with Crippen molar-refractivity contribution in [3.8, 4) is 17.9 Å². The number of carbonyl (C=O) groups excluding carboxylic acids is 1. The molecule has 0 aromatic heterocycles.